The van der Waals surface area contributed by atoms with Gasteiger partial charge in [0.25, 0.3) is 11.8 Å². The highest BCUT2D eigenvalue weighted by atomic mass is 32.2. The van der Waals surface area contributed by atoms with Crippen LogP contribution in [0.25, 0.3) is 0 Å². The number of hydrogen-bond acceptors (Lipinski definition) is 4. The van der Waals surface area contributed by atoms with Crippen molar-refractivity contribution in [3.05, 3.63) is 59.8 Å². The molecule has 0 atom stereocenters. The predicted molar refractivity (Wildman–Crippen MR) is 74.8 cm³/mol. The number of imide groups is 1. The zero-order valence-electron chi connectivity index (χ0n) is 11.1. The average Bonchev–Trinajstić information content (AvgIpc) is 2.42. The lowest BCUT2D eigenvalue weighted by Crippen LogP contribution is -2.42. The van der Waals surface area contributed by atoms with Crippen molar-refractivity contribution in [3.63, 3.8) is 0 Å². The molecule has 2 bridgehead atoms. The summed E-state index contributed by atoms with van der Waals surface area (Å²) in [5.41, 5.74) is -4.60. The van der Waals surface area contributed by atoms with Crippen molar-refractivity contribution < 1.29 is 27.0 Å². The topological polar surface area (TPSA) is 46.6 Å². The van der Waals surface area contributed by atoms with Crippen LogP contribution < -0.4 is 0 Å². The van der Waals surface area contributed by atoms with Crippen LogP contribution in [0.1, 0.15) is 6.42 Å². The summed E-state index contributed by atoms with van der Waals surface area (Å²) < 4.78 is 40.9. The Hall–Kier alpha value is -2.06. The zero-order valence-corrected chi connectivity index (χ0v) is 11.9. The van der Waals surface area contributed by atoms with Crippen LogP contribution in [0.5, 0.6) is 0 Å². The second kappa shape index (κ2) is 6.37. The molecule has 2 amide bonds. The number of carbonyl (C=O) groups is 2. The summed E-state index contributed by atoms with van der Waals surface area (Å²) in [6.45, 7) is 3.66. The Labute approximate surface area is 128 Å². The van der Waals surface area contributed by atoms with Gasteiger partial charge >= 0.3 is 5.51 Å². The number of hydrogen-bond donors (Lipinski definition) is 0. The average molecular weight is 329 g/mol. The van der Waals surface area contributed by atoms with Gasteiger partial charge in [-0.3, -0.25) is 9.59 Å². The SMILES string of the molecule is C=C1C2=C/C=C\C/C=C\C=C/1C(=O)N(OSC(F)(F)F)C2=O. The molecule has 0 radical (unpaired) electrons. The van der Waals surface area contributed by atoms with Crippen molar-refractivity contribution in [3.8, 4) is 0 Å². The molecule has 1 aliphatic heterocycles. The van der Waals surface area contributed by atoms with Gasteiger partial charge in [-0.1, -0.05) is 30.9 Å². The largest absolute Gasteiger partial charge is 0.470 e. The third-order valence-electron chi connectivity index (χ3n) is 2.76. The van der Waals surface area contributed by atoms with E-state index < -0.39 is 29.4 Å². The van der Waals surface area contributed by atoms with Gasteiger partial charge in [0.05, 0.1) is 0 Å². The second-order valence-corrected chi connectivity index (χ2v) is 5.02. The van der Waals surface area contributed by atoms with Crippen LogP contribution in [-0.4, -0.2) is 22.4 Å². The molecule has 1 aliphatic carbocycles. The molecule has 0 aromatic heterocycles. The smallest absolute Gasteiger partial charge is 0.266 e. The lowest BCUT2D eigenvalue weighted by Gasteiger charge is -2.27. The number of rotatable bonds is 2. The van der Waals surface area contributed by atoms with Gasteiger partial charge in [0.15, 0.2) is 0 Å². The first kappa shape index (κ1) is 16.3. The van der Waals surface area contributed by atoms with Gasteiger partial charge in [-0.25, -0.2) is 0 Å². The zero-order chi connectivity index (χ0) is 16.3. The Morgan fingerprint density at radius 2 is 1.59 bits per heavy atom. The predicted octanol–water partition coefficient (Wildman–Crippen LogP) is 3.38. The van der Waals surface area contributed by atoms with Gasteiger partial charge in [0, 0.05) is 11.1 Å². The number of allylic oxidation sites excluding steroid dienone is 6. The van der Waals surface area contributed by atoms with Gasteiger partial charge in [0.2, 0.25) is 0 Å². The highest BCUT2D eigenvalue weighted by Crippen LogP contribution is 2.35. The quantitative estimate of drug-likeness (QED) is 0.575. The third-order valence-corrected chi connectivity index (χ3v) is 3.17. The first-order valence-electron chi connectivity index (χ1n) is 6.06. The van der Waals surface area contributed by atoms with E-state index in [2.05, 4.69) is 10.9 Å². The maximum atomic E-state index is 12.2. The standard InChI is InChI=1S/C14H10F3NO3S/c1-9-10-7-5-3-2-4-6-8-11(9)13(20)18(12(10)19)21-22-14(15,16)17/h3-8H,1-2H2/b5-3-,6-4-,10-7+,11-8?. The Morgan fingerprint density at radius 1 is 1.09 bits per heavy atom. The fourth-order valence-electron chi connectivity index (χ4n) is 1.77. The third kappa shape index (κ3) is 3.58. The van der Waals surface area contributed by atoms with Gasteiger partial charge in [-0.05, 0) is 24.1 Å². The van der Waals surface area contributed by atoms with E-state index in [1.807, 2.05) is 0 Å². The van der Waals surface area contributed by atoms with E-state index in [1.54, 1.807) is 24.3 Å². The number of piperidine rings is 1. The van der Waals surface area contributed by atoms with Crippen molar-refractivity contribution >= 4 is 23.9 Å². The number of carbonyl (C=O) groups excluding carboxylic acids is 2. The molecule has 8 heteroatoms. The number of halogens is 3. The number of fused-ring (bicyclic) bond motifs is 2. The van der Waals surface area contributed by atoms with Gasteiger partial charge < -0.3 is 0 Å². The van der Waals surface area contributed by atoms with Crippen LogP contribution in [0.15, 0.2) is 59.8 Å². The van der Waals surface area contributed by atoms with Crippen molar-refractivity contribution in [1.29, 1.82) is 0 Å². The lowest BCUT2D eigenvalue weighted by molar-refractivity contribution is -0.166. The van der Waals surface area contributed by atoms with Crippen LogP contribution >= 0.6 is 12.0 Å². The summed E-state index contributed by atoms with van der Waals surface area (Å²) in [5, 5.41) is 0.0911. The van der Waals surface area contributed by atoms with E-state index in [0.29, 0.717) is 6.42 Å². The highest BCUT2D eigenvalue weighted by molar-refractivity contribution is 7.95. The summed E-state index contributed by atoms with van der Waals surface area (Å²) >= 11 is -0.927. The minimum Gasteiger partial charge on any atom is -0.266 e. The Kier molecular flexibility index (Phi) is 4.72. The van der Waals surface area contributed by atoms with Crippen molar-refractivity contribution in [2.24, 2.45) is 0 Å². The van der Waals surface area contributed by atoms with E-state index in [4.69, 9.17) is 0 Å². The number of hydroxylamine groups is 2. The number of nitrogens with zero attached hydrogens (tertiary/aromatic N) is 1. The highest BCUT2D eigenvalue weighted by Gasteiger charge is 2.41. The molecule has 0 aromatic carbocycles. The Bertz CT molecular complexity index is 600. The molecule has 0 spiro atoms. The molecule has 116 valence electrons. The molecule has 0 saturated carbocycles. The number of amides is 2. The summed E-state index contributed by atoms with van der Waals surface area (Å²) in [6.07, 6.45) is 9.99. The molecule has 0 aromatic rings. The minimum absolute atomic E-state index is 0.000162. The lowest BCUT2D eigenvalue weighted by atomic mass is 9.92. The summed E-state index contributed by atoms with van der Waals surface area (Å²) in [4.78, 5) is 24.3. The second-order valence-electron chi connectivity index (χ2n) is 4.24. The maximum absolute atomic E-state index is 12.2. The van der Waals surface area contributed by atoms with Crippen molar-refractivity contribution in [2.45, 2.75) is 11.9 Å². The van der Waals surface area contributed by atoms with E-state index in [1.165, 1.54) is 12.2 Å². The summed E-state index contributed by atoms with van der Waals surface area (Å²) in [5.74, 6) is -1.98. The first-order valence-corrected chi connectivity index (χ1v) is 6.80. The summed E-state index contributed by atoms with van der Waals surface area (Å²) in [7, 11) is 0. The summed E-state index contributed by atoms with van der Waals surface area (Å²) in [6, 6.07) is 0. The van der Waals surface area contributed by atoms with Gasteiger partial charge in [0.1, 0.15) is 12.0 Å². The van der Waals surface area contributed by atoms with Crippen LogP contribution in [0, 0.1) is 0 Å². The molecule has 0 N–H and O–H groups in total. The fraction of sp³-hybridized carbons (Fsp3) is 0.143. The molecule has 1 saturated heterocycles. The fourth-order valence-corrected chi connectivity index (χ4v) is 2.06. The van der Waals surface area contributed by atoms with E-state index in [0.717, 1.165) is 0 Å². The number of alkyl halides is 3. The molecular weight excluding hydrogens is 319 g/mol. The molecule has 1 fully saturated rings. The van der Waals surface area contributed by atoms with E-state index in [9.17, 15) is 22.8 Å². The molecule has 0 unspecified atom stereocenters. The molecule has 2 aliphatic rings. The molecular formula is C14H10F3NO3S. The Balaban J connectivity index is 2.39. The molecule has 4 nitrogen and oxygen atoms in total. The van der Waals surface area contributed by atoms with Crippen molar-refractivity contribution in [2.75, 3.05) is 0 Å². The van der Waals surface area contributed by atoms with Gasteiger partial charge in [-0.15, -0.1) is 5.06 Å². The minimum atomic E-state index is -4.74. The molecule has 1 heterocycles. The van der Waals surface area contributed by atoms with Crippen LogP contribution in [0.2, 0.25) is 0 Å². The maximum Gasteiger partial charge on any atom is 0.470 e. The van der Waals surface area contributed by atoms with Crippen LogP contribution in [0.3, 0.4) is 0 Å². The molecule has 22 heavy (non-hydrogen) atoms. The normalized spacial score (nSPS) is 24.5. The van der Waals surface area contributed by atoms with Crippen LogP contribution in [-0.2, 0) is 13.9 Å². The van der Waals surface area contributed by atoms with E-state index >= 15 is 0 Å². The molecule has 2 rings (SSSR count). The Morgan fingerprint density at radius 3 is 2.05 bits per heavy atom. The monoisotopic (exact) mass is 329 g/mol. The van der Waals surface area contributed by atoms with Gasteiger partial charge in [-0.2, -0.15) is 17.5 Å². The van der Waals surface area contributed by atoms with E-state index in [-0.39, 0.29) is 21.8 Å². The van der Waals surface area contributed by atoms with Crippen LogP contribution in [0.4, 0.5) is 13.2 Å². The van der Waals surface area contributed by atoms with Crippen molar-refractivity contribution in [1.82, 2.24) is 5.06 Å². The first-order chi connectivity index (χ1) is 10.3.